The Morgan fingerprint density at radius 1 is 1.08 bits per heavy atom. The fraction of sp³-hybridized carbons (Fsp3) is 0.300. The zero-order chi connectivity index (χ0) is 18.9. The van der Waals surface area contributed by atoms with Crippen LogP contribution in [0.2, 0.25) is 0 Å². The highest BCUT2D eigenvalue weighted by Gasteiger charge is 2.11. The molecule has 26 heavy (non-hydrogen) atoms. The summed E-state index contributed by atoms with van der Waals surface area (Å²) in [4.78, 5) is 27.1. The van der Waals surface area contributed by atoms with Crippen LogP contribution in [0, 0.1) is 6.92 Å². The molecule has 0 saturated heterocycles. The molecular weight excluding hydrogens is 364 g/mol. The number of nitrogens with zero attached hydrogens (tertiary/aromatic N) is 1. The van der Waals surface area contributed by atoms with Gasteiger partial charge in [-0.3, -0.25) is 9.59 Å². The number of carbonyl (C=O) groups excluding carboxylic acids is 2. The van der Waals surface area contributed by atoms with Gasteiger partial charge >= 0.3 is 0 Å². The Kier molecular flexibility index (Phi) is 8.06. The molecule has 0 unspecified atom stereocenters. The molecule has 0 aromatic heterocycles. The Morgan fingerprint density at radius 2 is 1.81 bits per heavy atom. The largest absolute Gasteiger partial charge is 0.341 e. The third-order valence-corrected chi connectivity index (χ3v) is 5.43. The van der Waals surface area contributed by atoms with Gasteiger partial charge in [-0.25, -0.2) is 0 Å². The molecule has 0 bridgehead atoms. The summed E-state index contributed by atoms with van der Waals surface area (Å²) in [6.45, 7) is 2.55. The summed E-state index contributed by atoms with van der Waals surface area (Å²) in [6, 6.07) is 15.9. The number of aryl methyl sites for hydroxylation is 1. The molecule has 0 fully saturated rings. The van der Waals surface area contributed by atoms with Crippen molar-refractivity contribution < 1.29 is 9.59 Å². The van der Waals surface area contributed by atoms with E-state index in [0.717, 1.165) is 16.8 Å². The summed E-state index contributed by atoms with van der Waals surface area (Å²) in [6.07, 6.45) is 2.04. The lowest BCUT2D eigenvalue weighted by molar-refractivity contribution is -0.127. The molecule has 2 aromatic carbocycles. The Balaban J connectivity index is 1.72. The lowest BCUT2D eigenvalue weighted by Gasteiger charge is -2.17. The molecule has 4 nitrogen and oxygen atoms in total. The fourth-order valence-electron chi connectivity index (χ4n) is 2.35. The van der Waals surface area contributed by atoms with Gasteiger partial charge in [-0.05, 0) is 48.6 Å². The van der Waals surface area contributed by atoms with Crippen LogP contribution in [0.3, 0.4) is 0 Å². The number of rotatable bonds is 8. The van der Waals surface area contributed by atoms with Crippen molar-refractivity contribution in [1.82, 2.24) is 4.90 Å². The van der Waals surface area contributed by atoms with Crippen LogP contribution in [0.1, 0.15) is 11.1 Å². The molecule has 0 heterocycles. The number of amides is 2. The van der Waals surface area contributed by atoms with Crippen LogP contribution >= 0.6 is 23.5 Å². The third-order valence-electron chi connectivity index (χ3n) is 3.77. The average molecular weight is 389 g/mol. The summed E-state index contributed by atoms with van der Waals surface area (Å²) < 4.78 is 0. The number of nitrogens with one attached hydrogen (secondary N) is 1. The van der Waals surface area contributed by atoms with E-state index in [9.17, 15) is 9.59 Å². The molecule has 2 amide bonds. The van der Waals surface area contributed by atoms with Crippen LogP contribution in [-0.2, 0) is 16.1 Å². The predicted octanol–water partition coefficient (Wildman–Crippen LogP) is 4.05. The van der Waals surface area contributed by atoms with Gasteiger partial charge in [0.25, 0.3) is 0 Å². The average Bonchev–Trinajstić information content (AvgIpc) is 2.62. The maximum absolute atomic E-state index is 12.2. The molecule has 0 aliphatic rings. The quantitative estimate of drug-likeness (QED) is 0.693. The van der Waals surface area contributed by atoms with Crippen molar-refractivity contribution in [3.05, 3.63) is 59.7 Å². The first-order valence-electron chi connectivity index (χ1n) is 8.29. The number of thioether (sulfide) groups is 2. The van der Waals surface area contributed by atoms with E-state index in [-0.39, 0.29) is 17.6 Å². The number of anilines is 1. The van der Waals surface area contributed by atoms with Gasteiger partial charge < -0.3 is 10.2 Å². The lowest BCUT2D eigenvalue weighted by atomic mass is 10.2. The molecule has 0 radical (unpaired) electrons. The first kappa shape index (κ1) is 20.4. The van der Waals surface area contributed by atoms with E-state index in [2.05, 4.69) is 17.4 Å². The van der Waals surface area contributed by atoms with Crippen LogP contribution in [0.5, 0.6) is 0 Å². The molecule has 0 aliphatic heterocycles. The minimum absolute atomic E-state index is 0.0206. The summed E-state index contributed by atoms with van der Waals surface area (Å²) in [7, 11) is 1.79. The van der Waals surface area contributed by atoms with Gasteiger partial charge in [0, 0.05) is 24.2 Å². The van der Waals surface area contributed by atoms with Gasteiger partial charge in [0.05, 0.1) is 11.5 Å². The van der Waals surface area contributed by atoms with E-state index in [1.165, 1.54) is 16.7 Å². The van der Waals surface area contributed by atoms with Gasteiger partial charge in [-0.1, -0.05) is 24.3 Å². The lowest BCUT2D eigenvalue weighted by Crippen LogP contribution is -2.28. The van der Waals surface area contributed by atoms with E-state index >= 15 is 0 Å². The molecule has 0 saturated carbocycles. The fourth-order valence-corrected chi connectivity index (χ4v) is 3.52. The third kappa shape index (κ3) is 6.77. The Labute approximate surface area is 163 Å². The van der Waals surface area contributed by atoms with Crippen molar-refractivity contribution in [2.45, 2.75) is 18.4 Å². The van der Waals surface area contributed by atoms with Crippen molar-refractivity contribution >= 4 is 41.0 Å². The normalized spacial score (nSPS) is 10.4. The topological polar surface area (TPSA) is 49.4 Å². The maximum Gasteiger partial charge on any atom is 0.234 e. The summed E-state index contributed by atoms with van der Waals surface area (Å²) in [5.74, 6) is 0.479. The van der Waals surface area contributed by atoms with Crippen LogP contribution in [0.15, 0.2) is 53.4 Å². The highest BCUT2D eigenvalue weighted by molar-refractivity contribution is 8.00. The van der Waals surface area contributed by atoms with E-state index < -0.39 is 0 Å². The number of hydrogen-bond acceptors (Lipinski definition) is 4. The summed E-state index contributed by atoms with van der Waals surface area (Å²) >= 11 is 3.03. The molecule has 138 valence electrons. The van der Waals surface area contributed by atoms with Gasteiger partial charge in [0.1, 0.15) is 0 Å². The second kappa shape index (κ2) is 10.3. The van der Waals surface area contributed by atoms with Crippen molar-refractivity contribution in [2.24, 2.45) is 0 Å². The highest BCUT2D eigenvalue weighted by Crippen LogP contribution is 2.16. The first-order chi connectivity index (χ1) is 12.5. The minimum Gasteiger partial charge on any atom is -0.341 e. The standard InChI is InChI=1S/C20H24N2O2S2/c1-15-5-4-6-17(11-15)21-19(23)13-26-14-20(24)22(2)12-16-7-9-18(25-3)10-8-16/h4-11H,12-14H2,1-3H3,(H,21,23). The highest BCUT2D eigenvalue weighted by atomic mass is 32.2. The van der Waals surface area contributed by atoms with Crippen molar-refractivity contribution in [3.63, 3.8) is 0 Å². The van der Waals surface area contributed by atoms with Gasteiger partial charge in [0.2, 0.25) is 11.8 Å². The molecule has 2 rings (SSSR count). The van der Waals surface area contributed by atoms with Gasteiger partial charge in [0.15, 0.2) is 0 Å². The number of carbonyl (C=O) groups is 2. The second-order valence-corrected chi connectivity index (χ2v) is 7.87. The SMILES string of the molecule is CSc1ccc(CN(C)C(=O)CSCC(=O)Nc2cccc(C)c2)cc1. The van der Waals surface area contributed by atoms with Crippen molar-refractivity contribution in [3.8, 4) is 0 Å². The Bertz CT molecular complexity index is 748. The summed E-state index contributed by atoms with van der Waals surface area (Å²) in [5.41, 5.74) is 2.98. The zero-order valence-electron chi connectivity index (χ0n) is 15.3. The summed E-state index contributed by atoms with van der Waals surface area (Å²) in [5, 5.41) is 2.85. The van der Waals surface area contributed by atoms with Crippen molar-refractivity contribution in [1.29, 1.82) is 0 Å². The van der Waals surface area contributed by atoms with Gasteiger partial charge in [-0.2, -0.15) is 0 Å². The van der Waals surface area contributed by atoms with Crippen molar-refractivity contribution in [2.75, 3.05) is 30.1 Å². The van der Waals surface area contributed by atoms with Crippen LogP contribution in [0.25, 0.3) is 0 Å². The number of benzene rings is 2. The Hall–Kier alpha value is -1.92. The molecule has 0 aliphatic carbocycles. The van der Waals surface area contributed by atoms with Crippen LogP contribution < -0.4 is 5.32 Å². The molecule has 0 atom stereocenters. The van der Waals surface area contributed by atoms with E-state index in [1.54, 1.807) is 23.7 Å². The smallest absolute Gasteiger partial charge is 0.234 e. The molecule has 1 N–H and O–H groups in total. The monoisotopic (exact) mass is 388 g/mol. The maximum atomic E-state index is 12.2. The first-order valence-corrected chi connectivity index (χ1v) is 10.7. The molecular formula is C20H24N2O2S2. The second-order valence-electron chi connectivity index (χ2n) is 6.01. The molecule has 0 spiro atoms. The van der Waals surface area contributed by atoms with E-state index in [4.69, 9.17) is 0 Å². The molecule has 6 heteroatoms. The molecule has 2 aromatic rings. The Morgan fingerprint density at radius 3 is 2.46 bits per heavy atom. The number of hydrogen-bond donors (Lipinski definition) is 1. The van der Waals surface area contributed by atoms with E-state index in [1.807, 2.05) is 49.6 Å². The van der Waals surface area contributed by atoms with Crippen LogP contribution in [0.4, 0.5) is 5.69 Å². The van der Waals surface area contributed by atoms with Crippen LogP contribution in [-0.4, -0.2) is 41.5 Å². The minimum atomic E-state index is -0.0938. The van der Waals surface area contributed by atoms with E-state index in [0.29, 0.717) is 12.3 Å². The zero-order valence-corrected chi connectivity index (χ0v) is 17.0. The predicted molar refractivity (Wildman–Crippen MR) is 112 cm³/mol. The van der Waals surface area contributed by atoms with Gasteiger partial charge in [-0.15, -0.1) is 23.5 Å².